The molecule has 1 aliphatic carbocycles. The Morgan fingerprint density at radius 1 is 1.35 bits per heavy atom. The normalized spacial score (nSPS) is 22.7. The van der Waals surface area contributed by atoms with Crippen molar-refractivity contribution in [3.05, 3.63) is 35.6 Å². The van der Waals surface area contributed by atoms with E-state index in [4.69, 9.17) is 5.11 Å². The molecule has 1 heterocycles. The number of carbonyl (C=O) groups is 2. The van der Waals surface area contributed by atoms with Crippen molar-refractivity contribution in [2.45, 2.75) is 43.9 Å². The zero-order chi connectivity index (χ0) is 16.4. The molecule has 0 spiro atoms. The van der Waals surface area contributed by atoms with Gasteiger partial charge in [0.2, 0.25) is 5.91 Å². The molecular weight excluding hydrogens is 297 g/mol. The highest BCUT2D eigenvalue weighted by molar-refractivity contribution is 5.91. The fourth-order valence-corrected chi connectivity index (χ4v) is 3.65. The van der Waals surface area contributed by atoms with Gasteiger partial charge in [0.1, 0.15) is 5.82 Å². The molecule has 2 aliphatic rings. The van der Waals surface area contributed by atoms with Crippen molar-refractivity contribution >= 4 is 11.9 Å². The fraction of sp³-hybridized carbons (Fsp3) is 0.556. The SMILES string of the molecule is O=C(O)CC[C@H]1CCCN(C(=O)C2(c3cccc(F)c3)CC2)C1. The van der Waals surface area contributed by atoms with E-state index in [1.807, 2.05) is 11.0 Å². The van der Waals surface area contributed by atoms with Gasteiger partial charge in [0, 0.05) is 19.5 Å². The summed E-state index contributed by atoms with van der Waals surface area (Å²) >= 11 is 0. The molecule has 0 bridgehead atoms. The Hall–Kier alpha value is -1.91. The number of rotatable bonds is 5. The van der Waals surface area contributed by atoms with Gasteiger partial charge in [0.15, 0.2) is 0 Å². The van der Waals surface area contributed by atoms with Crippen LogP contribution in [0.25, 0.3) is 0 Å². The van der Waals surface area contributed by atoms with E-state index in [2.05, 4.69) is 0 Å². The highest BCUT2D eigenvalue weighted by Crippen LogP contribution is 2.50. The van der Waals surface area contributed by atoms with Crippen LogP contribution in [0, 0.1) is 11.7 Å². The predicted octanol–water partition coefficient (Wildman–Crippen LogP) is 2.96. The second-order valence-electron chi connectivity index (χ2n) is 6.78. The van der Waals surface area contributed by atoms with Crippen molar-refractivity contribution in [2.24, 2.45) is 5.92 Å². The van der Waals surface area contributed by atoms with Gasteiger partial charge in [-0.05, 0) is 55.7 Å². The monoisotopic (exact) mass is 319 g/mol. The maximum Gasteiger partial charge on any atom is 0.303 e. The first-order valence-corrected chi connectivity index (χ1v) is 8.28. The number of hydrogen-bond donors (Lipinski definition) is 1. The molecule has 1 atom stereocenters. The van der Waals surface area contributed by atoms with Crippen LogP contribution < -0.4 is 0 Å². The van der Waals surface area contributed by atoms with E-state index in [-0.39, 0.29) is 24.1 Å². The Morgan fingerprint density at radius 2 is 2.13 bits per heavy atom. The first-order chi connectivity index (χ1) is 11.0. The molecule has 23 heavy (non-hydrogen) atoms. The molecule has 4 nitrogen and oxygen atoms in total. The maximum atomic E-state index is 13.5. The summed E-state index contributed by atoms with van der Waals surface area (Å²) in [5.41, 5.74) is 0.228. The van der Waals surface area contributed by atoms with E-state index in [0.717, 1.165) is 37.8 Å². The molecule has 0 radical (unpaired) electrons. The standard InChI is InChI=1S/C18H22FNO3/c19-15-5-1-4-14(11-15)18(8-9-18)17(23)20-10-2-3-13(12-20)6-7-16(21)22/h1,4-5,11,13H,2-3,6-10,12H2,(H,21,22)/t13-/m1/s1. The van der Waals surface area contributed by atoms with Crippen molar-refractivity contribution in [1.29, 1.82) is 0 Å². The molecule has 124 valence electrons. The van der Waals surface area contributed by atoms with Gasteiger partial charge < -0.3 is 10.0 Å². The number of carboxylic acid groups (broad SMARTS) is 1. The van der Waals surface area contributed by atoms with E-state index >= 15 is 0 Å². The summed E-state index contributed by atoms with van der Waals surface area (Å²) in [5.74, 6) is -0.748. The molecule has 2 fully saturated rings. The van der Waals surface area contributed by atoms with E-state index in [1.54, 1.807) is 6.07 Å². The molecule has 1 aromatic carbocycles. The Balaban J connectivity index is 1.69. The summed E-state index contributed by atoms with van der Waals surface area (Å²) in [5, 5.41) is 8.82. The number of halogens is 1. The van der Waals surface area contributed by atoms with Gasteiger partial charge in [-0.2, -0.15) is 0 Å². The van der Waals surface area contributed by atoms with Gasteiger partial charge in [-0.15, -0.1) is 0 Å². The lowest BCUT2D eigenvalue weighted by Crippen LogP contribution is -2.45. The summed E-state index contributed by atoms with van der Waals surface area (Å²) in [6.07, 6.45) is 4.20. The molecule has 3 rings (SSSR count). The van der Waals surface area contributed by atoms with Crippen molar-refractivity contribution in [3.8, 4) is 0 Å². The van der Waals surface area contributed by atoms with Crippen molar-refractivity contribution < 1.29 is 19.1 Å². The molecule has 0 aromatic heterocycles. The number of carbonyl (C=O) groups excluding carboxylic acids is 1. The zero-order valence-electron chi connectivity index (χ0n) is 13.1. The lowest BCUT2D eigenvalue weighted by Gasteiger charge is -2.35. The van der Waals surface area contributed by atoms with E-state index in [1.165, 1.54) is 12.1 Å². The predicted molar refractivity (Wildman–Crippen MR) is 83.5 cm³/mol. The average Bonchev–Trinajstić information content (AvgIpc) is 3.34. The second kappa shape index (κ2) is 6.30. The van der Waals surface area contributed by atoms with Gasteiger partial charge >= 0.3 is 5.97 Å². The number of nitrogens with zero attached hydrogens (tertiary/aromatic N) is 1. The minimum atomic E-state index is -0.785. The molecule has 5 heteroatoms. The Labute approximate surface area is 135 Å². The summed E-state index contributed by atoms with van der Waals surface area (Å²) in [4.78, 5) is 25.6. The zero-order valence-corrected chi connectivity index (χ0v) is 13.1. The quantitative estimate of drug-likeness (QED) is 0.908. The maximum absolute atomic E-state index is 13.5. The smallest absolute Gasteiger partial charge is 0.303 e. The van der Waals surface area contributed by atoms with Crippen LogP contribution in [-0.4, -0.2) is 35.0 Å². The average molecular weight is 319 g/mol. The first-order valence-electron chi connectivity index (χ1n) is 8.28. The Kier molecular flexibility index (Phi) is 4.37. The molecule has 1 amide bonds. The fourth-order valence-electron chi connectivity index (χ4n) is 3.65. The molecule has 1 saturated heterocycles. The molecule has 1 saturated carbocycles. The summed E-state index contributed by atoms with van der Waals surface area (Å²) in [6, 6.07) is 6.35. The Bertz CT molecular complexity index is 612. The van der Waals surface area contributed by atoms with Crippen LogP contribution in [0.4, 0.5) is 4.39 Å². The molecule has 1 aromatic rings. The highest BCUT2D eigenvalue weighted by atomic mass is 19.1. The van der Waals surface area contributed by atoms with Gasteiger partial charge in [-0.1, -0.05) is 12.1 Å². The van der Waals surface area contributed by atoms with Crippen LogP contribution in [0.15, 0.2) is 24.3 Å². The lowest BCUT2D eigenvalue weighted by molar-refractivity contribution is -0.137. The number of piperidine rings is 1. The molecule has 0 unspecified atom stereocenters. The molecule has 1 aliphatic heterocycles. The van der Waals surface area contributed by atoms with E-state index in [9.17, 15) is 14.0 Å². The number of amides is 1. The van der Waals surface area contributed by atoms with Gasteiger partial charge in [-0.25, -0.2) is 4.39 Å². The van der Waals surface area contributed by atoms with Crippen molar-refractivity contribution in [2.75, 3.05) is 13.1 Å². The third-order valence-electron chi connectivity index (χ3n) is 5.11. The minimum Gasteiger partial charge on any atom is -0.481 e. The van der Waals surface area contributed by atoms with Gasteiger partial charge in [0.05, 0.1) is 5.41 Å². The third kappa shape index (κ3) is 3.38. The lowest BCUT2D eigenvalue weighted by atomic mass is 9.89. The first kappa shape index (κ1) is 16.0. The molecule has 1 N–H and O–H groups in total. The Morgan fingerprint density at radius 3 is 2.78 bits per heavy atom. The summed E-state index contributed by atoms with van der Waals surface area (Å²) in [6.45, 7) is 1.35. The number of benzene rings is 1. The second-order valence-corrected chi connectivity index (χ2v) is 6.78. The molecular formula is C18H22FNO3. The van der Waals surface area contributed by atoms with Crippen molar-refractivity contribution in [3.63, 3.8) is 0 Å². The summed E-state index contributed by atoms with van der Waals surface area (Å²) < 4.78 is 13.5. The van der Waals surface area contributed by atoms with Crippen LogP contribution in [0.5, 0.6) is 0 Å². The third-order valence-corrected chi connectivity index (χ3v) is 5.11. The highest BCUT2D eigenvalue weighted by Gasteiger charge is 2.53. The van der Waals surface area contributed by atoms with Crippen LogP contribution in [-0.2, 0) is 15.0 Å². The number of carboxylic acids is 1. The van der Waals surface area contributed by atoms with Gasteiger partial charge in [0.25, 0.3) is 0 Å². The van der Waals surface area contributed by atoms with E-state index < -0.39 is 11.4 Å². The number of likely N-dealkylation sites (tertiary alicyclic amines) is 1. The van der Waals surface area contributed by atoms with Crippen LogP contribution in [0.3, 0.4) is 0 Å². The van der Waals surface area contributed by atoms with E-state index in [0.29, 0.717) is 13.0 Å². The van der Waals surface area contributed by atoms with Crippen molar-refractivity contribution in [1.82, 2.24) is 4.90 Å². The number of aliphatic carboxylic acids is 1. The summed E-state index contributed by atoms with van der Waals surface area (Å²) in [7, 11) is 0. The number of hydrogen-bond acceptors (Lipinski definition) is 2. The van der Waals surface area contributed by atoms with Crippen LogP contribution in [0.2, 0.25) is 0 Å². The topological polar surface area (TPSA) is 57.6 Å². The van der Waals surface area contributed by atoms with Gasteiger partial charge in [-0.3, -0.25) is 9.59 Å². The van der Waals surface area contributed by atoms with Crippen LogP contribution >= 0.6 is 0 Å². The van der Waals surface area contributed by atoms with Crippen LogP contribution in [0.1, 0.15) is 44.1 Å². The minimum absolute atomic E-state index is 0.0862. The largest absolute Gasteiger partial charge is 0.481 e.